The molecule has 0 aliphatic carbocycles. The highest BCUT2D eigenvalue weighted by atomic mass is 16.5. The second-order valence-corrected chi connectivity index (χ2v) is 13.7. The Morgan fingerprint density at radius 3 is 2.14 bits per heavy atom. The predicted molar refractivity (Wildman–Crippen MR) is 186 cm³/mol. The van der Waals surface area contributed by atoms with Crippen LogP contribution in [0, 0.1) is 5.92 Å². The molecule has 8 rings (SSSR count). The van der Waals surface area contributed by atoms with E-state index >= 15 is 0 Å². The van der Waals surface area contributed by atoms with Crippen LogP contribution in [0.15, 0.2) is 58.1 Å². The fourth-order valence-corrected chi connectivity index (χ4v) is 7.46. The minimum Gasteiger partial charge on any atom is -0.507 e. The number of hydrogen-bond donors (Lipinski definition) is 4. The third-order valence-electron chi connectivity index (χ3n) is 9.73. The van der Waals surface area contributed by atoms with Gasteiger partial charge in [-0.1, -0.05) is 19.9 Å². The molecule has 0 unspecified atom stereocenters. The number of aromatic nitrogens is 2. The summed E-state index contributed by atoms with van der Waals surface area (Å²) in [5.74, 6) is 0.0195. The molecule has 2 aliphatic heterocycles. The van der Waals surface area contributed by atoms with Crippen molar-refractivity contribution in [3.63, 3.8) is 0 Å². The van der Waals surface area contributed by atoms with Gasteiger partial charge in [-0.25, -0.2) is 0 Å². The molecule has 0 saturated carbocycles. The predicted octanol–water partition coefficient (Wildman–Crippen LogP) is 6.24. The van der Waals surface area contributed by atoms with Crippen LogP contribution in [-0.2, 0) is 14.1 Å². The quantitative estimate of drug-likeness (QED) is 0.161. The number of nitrogens with zero attached hydrogens (tertiary/aromatic N) is 2. The molecule has 0 saturated heterocycles. The summed E-state index contributed by atoms with van der Waals surface area (Å²) in [5.41, 5.74) is 0.606. The molecule has 250 valence electrons. The number of para-hydroxylation sites is 1. The van der Waals surface area contributed by atoms with Gasteiger partial charge in [0.15, 0.2) is 17.2 Å². The van der Waals surface area contributed by atoms with Gasteiger partial charge in [-0.3, -0.25) is 9.59 Å². The van der Waals surface area contributed by atoms with Gasteiger partial charge in [-0.15, -0.1) is 0 Å². The minimum atomic E-state index is -1.05. The summed E-state index contributed by atoms with van der Waals surface area (Å²) >= 11 is 0. The van der Waals surface area contributed by atoms with E-state index in [0.29, 0.717) is 39.2 Å². The van der Waals surface area contributed by atoms with E-state index in [-0.39, 0.29) is 61.7 Å². The molecule has 49 heavy (non-hydrogen) atoms. The lowest BCUT2D eigenvalue weighted by atomic mass is 9.95. The highest BCUT2D eigenvalue weighted by Crippen LogP contribution is 2.48. The van der Waals surface area contributed by atoms with Crippen molar-refractivity contribution in [2.75, 3.05) is 0 Å². The van der Waals surface area contributed by atoms with Gasteiger partial charge < -0.3 is 43.8 Å². The number of rotatable bonds is 3. The molecule has 11 heteroatoms. The van der Waals surface area contributed by atoms with Crippen LogP contribution in [-0.4, -0.2) is 41.3 Å². The van der Waals surface area contributed by atoms with Crippen LogP contribution < -0.4 is 25.1 Å². The number of aliphatic hydroxyl groups is 1. The first kappa shape index (κ1) is 30.6. The molecule has 2 aromatic heterocycles. The standard InChI is InChI=1S/C38H34N2O9/c1-16(2)37-36(46)28-25(48-37)15-21(42)27-32(28)39(5)29-18(33(27)43)8-7-9-22(29)47-23-11-10-19-31(35(23)45)40(6)30-17-12-13-38(3,4)49-24(17)14-20(41)26(30)34(19)44/h7-16,36-37,41-42,45-46H,1-6H3/t36-,37+/m0/s1. The van der Waals surface area contributed by atoms with Gasteiger partial charge in [0.05, 0.1) is 49.2 Å². The van der Waals surface area contributed by atoms with E-state index in [1.807, 2.05) is 39.8 Å². The van der Waals surface area contributed by atoms with Crippen LogP contribution in [0.2, 0.25) is 0 Å². The van der Waals surface area contributed by atoms with Crippen LogP contribution >= 0.6 is 0 Å². The van der Waals surface area contributed by atoms with E-state index in [2.05, 4.69) is 0 Å². The van der Waals surface area contributed by atoms with Crippen molar-refractivity contribution in [1.82, 2.24) is 9.13 Å². The van der Waals surface area contributed by atoms with Crippen molar-refractivity contribution in [2.24, 2.45) is 20.0 Å². The minimum absolute atomic E-state index is 0.00761. The lowest BCUT2D eigenvalue weighted by Crippen LogP contribution is -2.28. The number of aromatic hydroxyl groups is 3. The smallest absolute Gasteiger partial charge is 0.201 e. The first-order valence-electron chi connectivity index (χ1n) is 16.0. The fourth-order valence-electron chi connectivity index (χ4n) is 7.46. The molecule has 6 aromatic rings. The van der Waals surface area contributed by atoms with E-state index in [9.17, 15) is 30.0 Å². The third kappa shape index (κ3) is 4.18. The number of aliphatic hydroxyl groups excluding tert-OH is 1. The van der Waals surface area contributed by atoms with E-state index in [0.717, 1.165) is 0 Å². The maximum atomic E-state index is 13.9. The topological polar surface area (TPSA) is 153 Å². The zero-order valence-corrected chi connectivity index (χ0v) is 27.7. The Hall–Kier alpha value is -5.68. The molecular formula is C38H34N2O9. The SMILES string of the molecule is CC(C)[C@H]1Oc2cc(O)c3c(=O)c4cccc(Oc5ccc6c(=O)c7c(O)cc8c(c7n(C)c6c5O)C=CC(C)(C)O8)c4n(C)c3c2[C@@H]1O. The number of aryl methyl sites for hydroxylation is 2. The van der Waals surface area contributed by atoms with Gasteiger partial charge >= 0.3 is 0 Å². The summed E-state index contributed by atoms with van der Waals surface area (Å²) < 4.78 is 21.8. The molecule has 2 atom stereocenters. The summed E-state index contributed by atoms with van der Waals surface area (Å²) in [6.45, 7) is 7.59. The largest absolute Gasteiger partial charge is 0.507 e. The van der Waals surface area contributed by atoms with Crippen LogP contribution in [0.1, 0.15) is 44.9 Å². The fraction of sp³-hybridized carbons (Fsp3) is 0.263. The molecule has 4 heterocycles. The number of pyridine rings is 2. The van der Waals surface area contributed by atoms with E-state index in [1.54, 1.807) is 41.4 Å². The van der Waals surface area contributed by atoms with Crippen molar-refractivity contribution in [3.8, 4) is 40.2 Å². The second kappa shape index (κ2) is 10.2. The summed E-state index contributed by atoms with van der Waals surface area (Å²) in [6.07, 6.45) is 2.07. The highest BCUT2D eigenvalue weighted by molar-refractivity contribution is 6.04. The van der Waals surface area contributed by atoms with Gasteiger partial charge in [-0.05, 0) is 56.2 Å². The van der Waals surface area contributed by atoms with Crippen molar-refractivity contribution in [1.29, 1.82) is 0 Å². The van der Waals surface area contributed by atoms with Crippen molar-refractivity contribution >= 4 is 49.7 Å². The lowest BCUT2D eigenvalue weighted by Gasteiger charge is -2.29. The van der Waals surface area contributed by atoms with E-state index < -0.39 is 28.7 Å². The molecule has 0 fully saturated rings. The number of hydrogen-bond acceptors (Lipinski definition) is 9. The van der Waals surface area contributed by atoms with Crippen LogP contribution in [0.25, 0.3) is 49.7 Å². The van der Waals surface area contributed by atoms with Crippen molar-refractivity contribution < 1.29 is 34.6 Å². The van der Waals surface area contributed by atoms with Gasteiger partial charge in [0.1, 0.15) is 40.8 Å². The number of benzene rings is 4. The normalized spacial score (nSPS) is 17.9. The van der Waals surface area contributed by atoms with Gasteiger partial charge in [-0.2, -0.15) is 0 Å². The Bertz CT molecular complexity index is 2610. The average Bonchev–Trinajstić information content (AvgIpc) is 3.37. The molecule has 0 radical (unpaired) electrons. The highest BCUT2D eigenvalue weighted by Gasteiger charge is 2.39. The molecule has 4 N–H and O–H groups in total. The summed E-state index contributed by atoms with van der Waals surface area (Å²) in [5, 5.41) is 45.6. The zero-order valence-electron chi connectivity index (χ0n) is 27.7. The molecular weight excluding hydrogens is 628 g/mol. The Kier molecular flexibility index (Phi) is 6.35. The van der Waals surface area contributed by atoms with Gasteiger partial charge in [0, 0.05) is 31.8 Å². The maximum absolute atomic E-state index is 13.9. The van der Waals surface area contributed by atoms with E-state index in [1.165, 1.54) is 24.3 Å². The summed E-state index contributed by atoms with van der Waals surface area (Å²) in [4.78, 5) is 27.8. The van der Waals surface area contributed by atoms with E-state index in [4.69, 9.17) is 14.2 Å². The Labute approximate surface area is 279 Å². The number of phenols is 3. The molecule has 2 aliphatic rings. The molecule has 0 spiro atoms. The summed E-state index contributed by atoms with van der Waals surface area (Å²) in [7, 11) is 3.38. The monoisotopic (exact) mass is 662 g/mol. The zero-order chi connectivity index (χ0) is 34.8. The lowest BCUT2D eigenvalue weighted by molar-refractivity contribution is 0.0386. The first-order chi connectivity index (χ1) is 23.2. The van der Waals surface area contributed by atoms with Crippen molar-refractivity contribution in [3.05, 3.63) is 80.1 Å². The Balaban J connectivity index is 1.36. The second-order valence-electron chi connectivity index (χ2n) is 13.7. The van der Waals surface area contributed by atoms with Crippen LogP contribution in [0.3, 0.4) is 0 Å². The van der Waals surface area contributed by atoms with Crippen molar-refractivity contribution in [2.45, 2.75) is 45.5 Å². The molecule has 11 nitrogen and oxygen atoms in total. The van der Waals surface area contributed by atoms with Gasteiger partial charge in [0.25, 0.3) is 0 Å². The average molecular weight is 663 g/mol. The number of phenolic OH excluding ortho intramolecular Hbond substituents is 3. The van der Waals surface area contributed by atoms with Gasteiger partial charge in [0.2, 0.25) is 10.9 Å². The third-order valence-corrected chi connectivity index (χ3v) is 9.73. The number of fused-ring (bicyclic) bond motifs is 8. The van der Waals surface area contributed by atoms with Crippen LogP contribution in [0.4, 0.5) is 0 Å². The molecule has 0 amide bonds. The molecule has 4 aromatic carbocycles. The van der Waals surface area contributed by atoms with Crippen LogP contribution in [0.5, 0.6) is 40.2 Å². The number of ether oxygens (including phenoxy) is 3. The maximum Gasteiger partial charge on any atom is 0.201 e. The molecule has 0 bridgehead atoms. The Morgan fingerprint density at radius 2 is 1.45 bits per heavy atom. The first-order valence-corrected chi connectivity index (χ1v) is 16.0. The summed E-state index contributed by atoms with van der Waals surface area (Å²) in [6, 6.07) is 10.7. The Morgan fingerprint density at radius 1 is 0.816 bits per heavy atom.